The second-order valence-corrected chi connectivity index (χ2v) is 23.9. The van der Waals surface area contributed by atoms with Crippen LogP contribution in [-0.2, 0) is 14.3 Å². The summed E-state index contributed by atoms with van der Waals surface area (Å²) >= 11 is 0. The van der Waals surface area contributed by atoms with Gasteiger partial charge in [-0.25, -0.2) is 0 Å². The van der Waals surface area contributed by atoms with Gasteiger partial charge in [-0.2, -0.15) is 0 Å². The quantitative estimate of drug-likeness (QED) is 0.0320. The molecule has 0 rings (SSSR count). The van der Waals surface area contributed by atoms with Gasteiger partial charge in [-0.3, -0.25) is 9.59 Å². The number of hydrogen-bond donors (Lipinski definition) is 3. The van der Waals surface area contributed by atoms with Crippen molar-refractivity contribution in [3.8, 4) is 0 Å². The number of aliphatic hydroxyl groups is 2. The van der Waals surface area contributed by atoms with E-state index in [0.717, 1.165) is 38.5 Å². The molecule has 0 aliphatic carbocycles. The third kappa shape index (κ3) is 61.7. The van der Waals surface area contributed by atoms with E-state index in [1.165, 1.54) is 321 Å². The van der Waals surface area contributed by atoms with Crippen LogP contribution >= 0.6 is 0 Å². The van der Waals surface area contributed by atoms with E-state index in [4.69, 9.17) is 4.74 Å². The first kappa shape index (κ1) is 73.6. The average molecular weight is 1060 g/mol. The summed E-state index contributed by atoms with van der Waals surface area (Å²) in [6.45, 7) is 4.99. The summed E-state index contributed by atoms with van der Waals surface area (Å²) in [5.41, 5.74) is 0. The number of carbonyl (C=O) groups excluding carboxylic acids is 2. The summed E-state index contributed by atoms with van der Waals surface area (Å²) in [5, 5.41) is 23.4. The normalized spacial score (nSPS) is 12.5. The number of hydrogen-bond acceptors (Lipinski definition) is 5. The summed E-state index contributed by atoms with van der Waals surface area (Å²) < 4.78 is 5.48. The molecule has 0 fully saturated rings. The largest absolute Gasteiger partial charge is 0.466 e. The summed E-state index contributed by atoms with van der Waals surface area (Å²) in [5.74, 6) is -0.0244. The van der Waals surface area contributed by atoms with Gasteiger partial charge in [-0.15, -0.1) is 0 Å². The fraction of sp³-hybridized carbons (Fsp3) is 0.942. The van der Waals surface area contributed by atoms with Crippen LogP contribution in [0.5, 0.6) is 0 Å². The van der Waals surface area contributed by atoms with Crippen LogP contribution in [0.4, 0.5) is 0 Å². The minimum Gasteiger partial charge on any atom is -0.466 e. The Hall–Kier alpha value is -1.40. The lowest BCUT2D eigenvalue weighted by Crippen LogP contribution is -2.45. The third-order valence-corrected chi connectivity index (χ3v) is 16.3. The van der Waals surface area contributed by atoms with Crippen molar-refractivity contribution in [2.45, 2.75) is 405 Å². The smallest absolute Gasteiger partial charge is 0.305 e. The fourth-order valence-electron chi connectivity index (χ4n) is 11.1. The van der Waals surface area contributed by atoms with Gasteiger partial charge in [0.15, 0.2) is 0 Å². The van der Waals surface area contributed by atoms with Crippen molar-refractivity contribution in [2.24, 2.45) is 0 Å². The number of ether oxygens (including phenoxy) is 1. The zero-order valence-corrected chi connectivity index (χ0v) is 51.1. The molecule has 0 aromatic carbocycles. The highest BCUT2D eigenvalue weighted by Gasteiger charge is 2.20. The van der Waals surface area contributed by atoms with Crippen LogP contribution in [0.2, 0.25) is 0 Å². The van der Waals surface area contributed by atoms with Gasteiger partial charge in [0.25, 0.3) is 0 Å². The van der Waals surface area contributed by atoms with Gasteiger partial charge < -0.3 is 20.3 Å². The van der Waals surface area contributed by atoms with E-state index in [9.17, 15) is 19.8 Å². The molecule has 0 aromatic rings. The molecule has 446 valence electrons. The number of rotatable bonds is 65. The second kappa shape index (κ2) is 65.1. The third-order valence-electron chi connectivity index (χ3n) is 16.3. The minimum absolute atomic E-state index is 0.0127. The van der Waals surface area contributed by atoms with Crippen LogP contribution in [0.25, 0.3) is 0 Å². The molecule has 0 saturated carbocycles. The van der Waals surface area contributed by atoms with Gasteiger partial charge in [0.05, 0.1) is 25.4 Å². The Morgan fingerprint density at radius 1 is 0.360 bits per heavy atom. The lowest BCUT2D eigenvalue weighted by atomic mass is 10.0. The fourth-order valence-corrected chi connectivity index (χ4v) is 11.1. The lowest BCUT2D eigenvalue weighted by Gasteiger charge is -2.22. The number of aliphatic hydroxyl groups excluding tert-OH is 2. The SMILES string of the molecule is CCCCCCCCCCCCCCCCCCCCCCCCCC(O)C(CO)NC(=O)CCCCCCCCC/C=C\CCCCCCCCCCCCCOC(=O)CCCCCCCCCCCCCCC. The molecule has 0 aromatic heterocycles. The van der Waals surface area contributed by atoms with Crippen LogP contribution in [0.15, 0.2) is 12.2 Å². The van der Waals surface area contributed by atoms with Crippen molar-refractivity contribution in [3.05, 3.63) is 12.2 Å². The molecule has 75 heavy (non-hydrogen) atoms. The maximum Gasteiger partial charge on any atom is 0.305 e. The second-order valence-electron chi connectivity index (χ2n) is 23.9. The summed E-state index contributed by atoms with van der Waals surface area (Å²) in [6, 6.07) is -0.547. The first-order valence-corrected chi connectivity index (χ1v) is 34.4. The molecular formula is C69H135NO5. The standard InChI is InChI=1S/C69H135NO5/c1-3-5-7-9-11-13-15-17-18-19-20-21-22-25-28-31-34-38-41-45-49-53-57-61-67(72)66(65-71)70-68(73)62-58-54-50-46-42-39-35-32-29-26-23-24-27-30-33-36-40-44-48-52-56-60-64-75-69(74)63-59-55-51-47-43-37-16-14-12-10-8-6-4-2/h26,29,66-67,71-72H,3-25,27-28,30-65H2,1-2H3,(H,70,73)/b29-26-. The number of amides is 1. The topological polar surface area (TPSA) is 95.9 Å². The van der Waals surface area contributed by atoms with E-state index in [2.05, 4.69) is 31.3 Å². The average Bonchev–Trinajstić information content (AvgIpc) is 3.41. The van der Waals surface area contributed by atoms with Gasteiger partial charge in [-0.1, -0.05) is 341 Å². The molecule has 1 amide bonds. The Bertz CT molecular complexity index is 1130. The highest BCUT2D eigenvalue weighted by molar-refractivity contribution is 5.76. The monoisotopic (exact) mass is 1060 g/mol. The van der Waals surface area contributed by atoms with Gasteiger partial charge in [-0.05, 0) is 51.4 Å². The van der Waals surface area contributed by atoms with Crippen LogP contribution < -0.4 is 5.32 Å². The number of esters is 1. The molecule has 3 N–H and O–H groups in total. The van der Waals surface area contributed by atoms with Gasteiger partial charge in [0.1, 0.15) is 0 Å². The first-order valence-electron chi connectivity index (χ1n) is 34.4. The van der Waals surface area contributed by atoms with Crippen LogP contribution in [0.1, 0.15) is 393 Å². The van der Waals surface area contributed by atoms with E-state index in [-0.39, 0.29) is 18.5 Å². The van der Waals surface area contributed by atoms with Crippen LogP contribution in [-0.4, -0.2) is 47.4 Å². The number of allylic oxidation sites excluding steroid dienone is 2. The van der Waals surface area contributed by atoms with Crippen molar-refractivity contribution >= 4 is 11.9 Å². The highest BCUT2D eigenvalue weighted by Crippen LogP contribution is 2.19. The first-order chi connectivity index (χ1) is 37.0. The molecule has 0 saturated heterocycles. The maximum atomic E-state index is 12.5. The molecule has 0 heterocycles. The Morgan fingerprint density at radius 2 is 0.627 bits per heavy atom. The van der Waals surface area contributed by atoms with E-state index in [1.54, 1.807) is 0 Å². The predicted octanol–water partition coefficient (Wildman–Crippen LogP) is 22.0. The van der Waals surface area contributed by atoms with Gasteiger partial charge in [0, 0.05) is 12.8 Å². The van der Waals surface area contributed by atoms with E-state index < -0.39 is 12.1 Å². The summed E-state index contributed by atoms with van der Waals surface area (Å²) in [4.78, 5) is 24.6. The molecule has 0 spiro atoms. The maximum absolute atomic E-state index is 12.5. The molecular weight excluding hydrogens is 923 g/mol. The van der Waals surface area contributed by atoms with Gasteiger partial charge >= 0.3 is 5.97 Å². The zero-order chi connectivity index (χ0) is 54.3. The molecule has 2 unspecified atom stereocenters. The predicted molar refractivity (Wildman–Crippen MR) is 329 cm³/mol. The zero-order valence-electron chi connectivity index (χ0n) is 51.1. The molecule has 0 aliphatic heterocycles. The van der Waals surface area contributed by atoms with Crippen molar-refractivity contribution < 1.29 is 24.5 Å². The molecule has 6 heteroatoms. The van der Waals surface area contributed by atoms with Crippen molar-refractivity contribution in [1.29, 1.82) is 0 Å². The Kier molecular flexibility index (Phi) is 63.9. The molecule has 0 bridgehead atoms. The summed E-state index contributed by atoms with van der Waals surface area (Å²) in [7, 11) is 0. The van der Waals surface area contributed by atoms with Crippen molar-refractivity contribution in [3.63, 3.8) is 0 Å². The van der Waals surface area contributed by atoms with Gasteiger partial charge in [0.2, 0.25) is 5.91 Å². The number of unbranched alkanes of at least 4 members (excludes halogenated alkanes) is 52. The van der Waals surface area contributed by atoms with Crippen molar-refractivity contribution in [2.75, 3.05) is 13.2 Å². The van der Waals surface area contributed by atoms with Crippen LogP contribution in [0, 0.1) is 0 Å². The lowest BCUT2D eigenvalue weighted by molar-refractivity contribution is -0.143. The molecule has 6 nitrogen and oxygen atoms in total. The Balaban J connectivity index is 3.41. The Labute approximate surface area is 469 Å². The van der Waals surface area contributed by atoms with E-state index in [1.807, 2.05) is 0 Å². The highest BCUT2D eigenvalue weighted by atomic mass is 16.5. The number of nitrogens with one attached hydrogen (secondary N) is 1. The van der Waals surface area contributed by atoms with Crippen LogP contribution in [0.3, 0.4) is 0 Å². The molecule has 0 aliphatic rings. The van der Waals surface area contributed by atoms with E-state index in [0.29, 0.717) is 25.9 Å². The van der Waals surface area contributed by atoms with E-state index >= 15 is 0 Å². The number of carbonyl (C=O) groups is 2. The molecule has 0 radical (unpaired) electrons. The summed E-state index contributed by atoms with van der Waals surface area (Å²) in [6.07, 6.45) is 79.6. The van der Waals surface area contributed by atoms with Crippen molar-refractivity contribution in [1.82, 2.24) is 5.32 Å². The minimum atomic E-state index is -0.669. The Morgan fingerprint density at radius 3 is 0.947 bits per heavy atom. The molecule has 2 atom stereocenters.